The van der Waals surface area contributed by atoms with Gasteiger partial charge in [0.15, 0.2) is 6.10 Å². The monoisotopic (exact) mass is 387 g/mol. The number of H-pyrrole nitrogens is 1. The van der Waals surface area contributed by atoms with E-state index in [9.17, 15) is 14.0 Å². The largest absolute Gasteiger partial charge is 0.448 e. The number of amides is 1. The summed E-state index contributed by atoms with van der Waals surface area (Å²) in [6.45, 7) is 1.42. The Morgan fingerprint density at radius 3 is 2.63 bits per heavy atom. The maximum atomic E-state index is 13.2. The Kier molecular flexibility index (Phi) is 5.52. The zero-order valence-corrected chi connectivity index (χ0v) is 15.0. The van der Waals surface area contributed by atoms with E-state index in [1.165, 1.54) is 19.1 Å². The molecule has 6 nitrogen and oxygen atoms in total. The van der Waals surface area contributed by atoms with Crippen LogP contribution >= 0.6 is 11.6 Å². The van der Waals surface area contributed by atoms with Crippen molar-refractivity contribution in [3.8, 4) is 11.3 Å². The third-order valence-corrected chi connectivity index (χ3v) is 4.00. The summed E-state index contributed by atoms with van der Waals surface area (Å²) in [7, 11) is 0. The van der Waals surface area contributed by atoms with Gasteiger partial charge in [-0.25, -0.2) is 9.18 Å². The van der Waals surface area contributed by atoms with Crippen molar-refractivity contribution in [2.24, 2.45) is 0 Å². The van der Waals surface area contributed by atoms with Crippen molar-refractivity contribution in [1.29, 1.82) is 0 Å². The molecule has 2 aromatic carbocycles. The number of halogens is 2. The molecule has 0 bridgehead atoms. The summed E-state index contributed by atoms with van der Waals surface area (Å²) in [6, 6.07) is 14.6. The summed E-state index contributed by atoms with van der Waals surface area (Å²) in [5, 5.41) is 9.05. The molecule has 1 atom stereocenters. The van der Waals surface area contributed by atoms with E-state index in [2.05, 4.69) is 15.5 Å². The number of rotatable bonds is 5. The van der Waals surface area contributed by atoms with Gasteiger partial charge in [-0.15, -0.1) is 0 Å². The molecule has 0 spiro atoms. The molecule has 0 aliphatic rings. The van der Waals surface area contributed by atoms with E-state index in [0.29, 0.717) is 11.4 Å². The highest BCUT2D eigenvalue weighted by molar-refractivity contribution is 6.31. The normalized spacial score (nSPS) is 11.7. The molecule has 0 saturated carbocycles. The van der Waals surface area contributed by atoms with Crippen molar-refractivity contribution in [1.82, 2.24) is 10.2 Å². The molecule has 3 rings (SSSR count). The fourth-order valence-electron chi connectivity index (χ4n) is 2.28. The lowest BCUT2D eigenvalue weighted by Gasteiger charge is -2.13. The van der Waals surface area contributed by atoms with Crippen molar-refractivity contribution in [2.75, 3.05) is 5.32 Å². The average Bonchev–Trinajstić information content (AvgIpc) is 3.16. The van der Waals surface area contributed by atoms with Crippen LogP contribution in [0, 0.1) is 5.82 Å². The zero-order chi connectivity index (χ0) is 19.4. The number of esters is 1. The number of ether oxygens (including phenoxy) is 1. The number of carbonyl (C=O) groups excluding carboxylic acids is 2. The van der Waals surface area contributed by atoms with E-state index in [0.717, 1.165) is 11.6 Å². The van der Waals surface area contributed by atoms with Crippen LogP contribution in [0.25, 0.3) is 11.3 Å². The van der Waals surface area contributed by atoms with Crippen LogP contribution in [-0.2, 0) is 9.53 Å². The lowest BCUT2D eigenvalue weighted by molar-refractivity contribution is -0.123. The number of nitrogens with one attached hydrogen (secondary N) is 2. The van der Waals surface area contributed by atoms with Crippen molar-refractivity contribution in [3.05, 3.63) is 71.1 Å². The molecule has 0 unspecified atom stereocenters. The van der Waals surface area contributed by atoms with E-state index < -0.39 is 23.8 Å². The first-order valence-corrected chi connectivity index (χ1v) is 8.39. The Morgan fingerprint density at radius 2 is 1.93 bits per heavy atom. The highest BCUT2D eigenvalue weighted by Gasteiger charge is 2.21. The molecule has 1 amide bonds. The minimum atomic E-state index is -1.08. The fourth-order valence-corrected chi connectivity index (χ4v) is 2.46. The summed E-state index contributed by atoms with van der Waals surface area (Å²) in [6.07, 6.45) is -1.08. The maximum Gasteiger partial charge on any atom is 0.357 e. The van der Waals surface area contributed by atoms with Gasteiger partial charge in [0.1, 0.15) is 11.5 Å². The van der Waals surface area contributed by atoms with Gasteiger partial charge in [-0.05, 0) is 31.2 Å². The van der Waals surface area contributed by atoms with Crippen LogP contribution in [0.1, 0.15) is 17.4 Å². The molecule has 2 N–H and O–H groups in total. The summed E-state index contributed by atoms with van der Waals surface area (Å²) in [4.78, 5) is 24.4. The average molecular weight is 388 g/mol. The molecular formula is C19H15ClFN3O3. The minimum absolute atomic E-state index is 0.122. The van der Waals surface area contributed by atoms with Gasteiger partial charge in [-0.3, -0.25) is 9.89 Å². The molecule has 1 heterocycles. The summed E-state index contributed by atoms with van der Waals surface area (Å²) >= 11 is 5.67. The van der Waals surface area contributed by atoms with Crippen molar-refractivity contribution in [3.63, 3.8) is 0 Å². The number of hydrogen-bond acceptors (Lipinski definition) is 4. The molecule has 1 aromatic heterocycles. The highest BCUT2D eigenvalue weighted by atomic mass is 35.5. The molecular weight excluding hydrogens is 373 g/mol. The third-order valence-electron chi connectivity index (χ3n) is 3.71. The number of nitrogens with zero attached hydrogens (tertiary/aromatic N) is 1. The minimum Gasteiger partial charge on any atom is -0.448 e. The van der Waals surface area contributed by atoms with Crippen LogP contribution in [0.2, 0.25) is 5.02 Å². The van der Waals surface area contributed by atoms with Gasteiger partial charge in [0.25, 0.3) is 5.91 Å². The van der Waals surface area contributed by atoms with Crippen LogP contribution in [0.15, 0.2) is 54.6 Å². The van der Waals surface area contributed by atoms with E-state index in [-0.39, 0.29) is 10.7 Å². The number of benzene rings is 2. The van der Waals surface area contributed by atoms with Crippen LogP contribution in [-0.4, -0.2) is 28.2 Å². The van der Waals surface area contributed by atoms with E-state index in [1.54, 1.807) is 6.07 Å². The van der Waals surface area contributed by atoms with Crippen LogP contribution in [0.3, 0.4) is 0 Å². The first kappa shape index (κ1) is 18.6. The Morgan fingerprint density at radius 1 is 1.19 bits per heavy atom. The summed E-state index contributed by atoms with van der Waals surface area (Å²) in [5.41, 5.74) is 1.84. The van der Waals surface area contributed by atoms with E-state index >= 15 is 0 Å². The molecule has 0 fully saturated rings. The predicted molar refractivity (Wildman–Crippen MR) is 98.9 cm³/mol. The van der Waals surface area contributed by atoms with Gasteiger partial charge in [0.05, 0.1) is 10.7 Å². The Balaban J connectivity index is 1.62. The number of anilines is 1. The summed E-state index contributed by atoms with van der Waals surface area (Å²) < 4.78 is 18.3. The highest BCUT2D eigenvalue weighted by Crippen LogP contribution is 2.20. The Labute approximate surface area is 159 Å². The molecule has 138 valence electrons. The Bertz CT molecular complexity index is 975. The van der Waals surface area contributed by atoms with Gasteiger partial charge in [-0.1, -0.05) is 41.9 Å². The second-order valence-corrected chi connectivity index (χ2v) is 6.11. The lowest BCUT2D eigenvalue weighted by atomic mass is 10.1. The van der Waals surface area contributed by atoms with Gasteiger partial charge in [0, 0.05) is 11.3 Å². The number of hydrogen-bond donors (Lipinski definition) is 2. The SMILES string of the molecule is C[C@H](OC(=O)c1cc(-c2ccccc2)n[nH]1)C(=O)Nc1ccc(F)c(Cl)c1. The Hall–Kier alpha value is -3.19. The molecule has 3 aromatic rings. The fraction of sp³-hybridized carbons (Fsp3) is 0.105. The standard InChI is InChI=1S/C19H15ClFN3O3/c1-11(18(25)22-13-7-8-15(21)14(20)9-13)27-19(26)17-10-16(23-24-17)12-5-3-2-4-6-12/h2-11H,1H3,(H,22,25)(H,23,24)/t11-/m0/s1. The molecule has 0 aliphatic carbocycles. The second-order valence-electron chi connectivity index (χ2n) is 5.70. The van der Waals surface area contributed by atoms with Crippen molar-refractivity contribution < 1.29 is 18.7 Å². The molecule has 27 heavy (non-hydrogen) atoms. The number of aromatic amines is 1. The van der Waals surface area contributed by atoms with E-state index in [1.807, 2.05) is 30.3 Å². The van der Waals surface area contributed by atoms with Crippen molar-refractivity contribution >= 4 is 29.2 Å². The first-order chi connectivity index (χ1) is 12.9. The van der Waals surface area contributed by atoms with Gasteiger partial charge >= 0.3 is 5.97 Å². The predicted octanol–water partition coefficient (Wildman–Crippen LogP) is 4.05. The molecule has 0 saturated heterocycles. The third kappa shape index (κ3) is 4.51. The van der Waals surface area contributed by atoms with E-state index in [4.69, 9.17) is 16.3 Å². The molecule has 0 radical (unpaired) electrons. The molecule has 0 aliphatic heterocycles. The second kappa shape index (κ2) is 8.01. The lowest BCUT2D eigenvalue weighted by Crippen LogP contribution is -2.30. The van der Waals surface area contributed by atoms with Gasteiger partial charge in [-0.2, -0.15) is 5.10 Å². The number of carbonyl (C=O) groups is 2. The summed E-state index contributed by atoms with van der Waals surface area (Å²) in [5.74, 6) is -1.89. The topological polar surface area (TPSA) is 84.1 Å². The van der Waals surface area contributed by atoms with Crippen molar-refractivity contribution in [2.45, 2.75) is 13.0 Å². The first-order valence-electron chi connectivity index (χ1n) is 8.02. The van der Waals surface area contributed by atoms with Crippen LogP contribution in [0.5, 0.6) is 0 Å². The molecule has 8 heteroatoms. The smallest absolute Gasteiger partial charge is 0.357 e. The van der Waals surface area contributed by atoms with Gasteiger partial charge < -0.3 is 10.1 Å². The quantitative estimate of drug-likeness (QED) is 0.647. The zero-order valence-electron chi connectivity index (χ0n) is 14.2. The maximum absolute atomic E-state index is 13.2. The van der Waals surface area contributed by atoms with Crippen LogP contribution < -0.4 is 5.32 Å². The van der Waals surface area contributed by atoms with Gasteiger partial charge in [0.2, 0.25) is 0 Å². The number of aromatic nitrogens is 2. The van der Waals surface area contributed by atoms with Crippen LogP contribution in [0.4, 0.5) is 10.1 Å².